The molecule has 0 amide bonds. The molecule has 3 fully saturated rings. The Morgan fingerprint density at radius 2 is 1.72 bits per heavy atom. The van der Waals surface area contributed by atoms with Crippen LogP contribution in [0.15, 0.2) is 24.3 Å². The van der Waals surface area contributed by atoms with Crippen LogP contribution < -0.4 is 15.5 Å². The summed E-state index contributed by atoms with van der Waals surface area (Å²) in [7, 11) is 0. The molecule has 2 aromatic rings. The van der Waals surface area contributed by atoms with Gasteiger partial charge in [0.05, 0.1) is 5.52 Å². The van der Waals surface area contributed by atoms with Gasteiger partial charge in [-0.3, -0.25) is 4.90 Å². The summed E-state index contributed by atoms with van der Waals surface area (Å²) in [4.78, 5) is 12.7. The molecular formula is C29H44N6S. The number of rotatable bonds is 8. The first-order valence-electron chi connectivity index (χ1n) is 14.3. The number of pyridine rings is 1. The van der Waals surface area contributed by atoms with Crippen molar-refractivity contribution in [2.24, 2.45) is 5.92 Å². The molecule has 1 aliphatic carbocycles. The van der Waals surface area contributed by atoms with Crippen LogP contribution in [0, 0.1) is 12.8 Å². The topological polar surface area (TPSA) is 46.7 Å². The molecule has 36 heavy (non-hydrogen) atoms. The van der Waals surface area contributed by atoms with Crippen molar-refractivity contribution in [3.63, 3.8) is 0 Å². The van der Waals surface area contributed by atoms with E-state index in [9.17, 15) is 0 Å². The number of aromatic nitrogens is 1. The minimum absolute atomic E-state index is 0.698. The Labute approximate surface area is 222 Å². The number of thiocarbonyl (C=S) groups is 1. The van der Waals surface area contributed by atoms with Crippen LogP contribution in [0.3, 0.4) is 0 Å². The lowest BCUT2D eigenvalue weighted by atomic mass is 9.89. The predicted molar refractivity (Wildman–Crippen MR) is 156 cm³/mol. The van der Waals surface area contributed by atoms with Gasteiger partial charge in [0.15, 0.2) is 5.11 Å². The Hall–Kier alpha value is -1.96. The molecule has 2 aliphatic heterocycles. The van der Waals surface area contributed by atoms with E-state index < -0.39 is 0 Å². The molecule has 3 heterocycles. The second kappa shape index (κ2) is 12.5. The quantitative estimate of drug-likeness (QED) is 0.384. The third kappa shape index (κ3) is 6.87. The van der Waals surface area contributed by atoms with Crippen molar-refractivity contribution in [3.05, 3.63) is 29.8 Å². The normalized spacial score (nSPS) is 20.2. The molecule has 7 heteroatoms. The van der Waals surface area contributed by atoms with E-state index in [0.29, 0.717) is 5.11 Å². The minimum atomic E-state index is 0.698. The van der Waals surface area contributed by atoms with Crippen LogP contribution in [0.5, 0.6) is 0 Å². The zero-order chi connectivity index (χ0) is 24.7. The molecule has 0 radical (unpaired) electrons. The van der Waals surface area contributed by atoms with E-state index in [1.807, 2.05) is 0 Å². The van der Waals surface area contributed by atoms with Crippen molar-refractivity contribution in [2.45, 2.75) is 58.3 Å². The summed E-state index contributed by atoms with van der Waals surface area (Å²) < 4.78 is 0. The molecular weight excluding hydrogens is 464 g/mol. The zero-order valence-electron chi connectivity index (χ0n) is 22.1. The molecule has 1 aromatic heterocycles. The number of fused-ring (bicyclic) bond motifs is 1. The average molecular weight is 509 g/mol. The van der Waals surface area contributed by atoms with E-state index in [4.69, 9.17) is 17.2 Å². The molecule has 196 valence electrons. The van der Waals surface area contributed by atoms with Gasteiger partial charge in [0.1, 0.15) is 5.82 Å². The summed E-state index contributed by atoms with van der Waals surface area (Å²) in [5.74, 6) is 2.04. The fourth-order valence-corrected chi connectivity index (χ4v) is 6.42. The molecule has 2 N–H and O–H groups in total. The molecule has 0 bridgehead atoms. The number of likely N-dealkylation sites (tertiary alicyclic amines) is 1. The molecule has 5 rings (SSSR count). The number of piperazine rings is 1. The van der Waals surface area contributed by atoms with E-state index in [-0.39, 0.29) is 0 Å². The van der Waals surface area contributed by atoms with Gasteiger partial charge in [0, 0.05) is 50.3 Å². The minimum Gasteiger partial charge on any atom is -0.362 e. The summed E-state index contributed by atoms with van der Waals surface area (Å²) in [6.07, 6.45) is 11.0. The lowest BCUT2D eigenvalue weighted by Crippen LogP contribution is -2.48. The van der Waals surface area contributed by atoms with Gasteiger partial charge in [0.2, 0.25) is 0 Å². The van der Waals surface area contributed by atoms with Crippen molar-refractivity contribution >= 4 is 39.7 Å². The van der Waals surface area contributed by atoms with Gasteiger partial charge >= 0.3 is 0 Å². The van der Waals surface area contributed by atoms with Gasteiger partial charge < -0.3 is 20.4 Å². The van der Waals surface area contributed by atoms with Crippen LogP contribution in [0.4, 0.5) is 11.5 Å². The summed E-state index contributed by atoms with van der Waals surface area (Å²) in [6, 6.07) is 8.67. The van der Waals surface area contributed by atoms with Crippen molar-refractivity contribution in [3.8, 4) is 0 Å². The van der Waals surface area contributed by atoms with Gasteiger partial charge in [-0.1, -0.05) is 19.3 Å². The molecule has 0 unspecified atom stereocenters. The SMILES string of the molecule is Cc1cc(N2CCN(CC3CCCCC3)CC2)nc2ccc(NC(=S)NCCCN3CCCC3)cc12. The highest BCUT2D eigenvalue weighted by atomic mass is 32.1. The monoisotopic (exact) mass is 508 g/mol. The van der Waals surface area contributed by atoms with Gasteiger partial charge in [-0.15, -0.1) is 0 Å². The highest BCUT2D eigenvalue weighted by Gasteiger charge is 2.22. The molecule has 3 aliphatic rings. The number of aryl methyl sites for hydroxylation is 1. The van der Waals surface area contributed by atoms with Gasteiger partial charge in [-0.25, -0.2) is 4.98 Å². The maximum Gasteiger partial charge on any atom is 0.170 e. The van der Waals surface area contributed by atoms with Crippen molar-refractivity contribution < 1.29 is 0 Å². The first kappa shape index (κ1) is 25.7. The summed E-state index contributed by atoms with van der Waals surface area (Å²) in [6.45, 7) is 12.5. The fourth-order valence-electron chi connectivity index (χ4n) is 6.20. The highest BCUT2D eigenvalue weighted by molar-refractivity contribution is 7.80. The lowest BCUT2D eigenvalue weighted by molar-refractivity contribution is 0.192. The Balaban J connectivity index is 1.12. The van der Waals surface area contributed by atoms with E-state index in [2.05, 4.69) is 56.5 Å². The van der Waals surface area contributed by atoms with Crippen LogP contribution in [0.2, 0.25) is 0 Å². The molecule has 0 spiro atoms. The average Bonchev–Trinajstić information content (AvgIpc) is 3.42. The Morgan fingerprint density at radius 1 is 0.944 bits per heavy atom. The summed E-state index contributed by atoms with van der Waals surface area (Å²) in [5, 5.41) is 8.62. The second-order valence-corrected chi connectivity index (χ2v) is 11.5. The van der Waals surface area contributed by atoms with E-state index in [1.54, 1.807) is 0 Å². The Bertz CT molecular complexity index is 1010. The van der Waals surface area contributed by atoms with E-state index >= 15 is 0 Å². The fraction of sp³-hybridized carbons (Fsp3) is 0.655. The molecule has 1 aromatic carbocycles. The number of benzene rings is 1. The van der Waals surface area contributed by atoms with Crippen LogP contribution in [0.1, 0.15) is 56.9 Å². The number of nitrogens with one attached hydrogen (secondary N) is 2. The molecule has 6 nitrogen and oxygen atoms in total. The smallest absolute Gasteiger partial charge is 0.170 e. The standard InChI is InChI=1S/C29H44N6S/c1-23-20-28(35-18-16-34(17-19-35)22-24-8-3-2-4-9-24)32-27-11-10-25(21-26(23)27)31-29(36)30-12-7-15-33-13-5-6-14-33/h10-11,20-21,24H,2-9,12-19,22H2,1H3,(H2,30,31,36). The third-order valence-electron chi connectivity index (χ3n) is 8.33. The number of hydrogen-bond donors (Lipinski definition) is 2. The Morgan fingerprint density at radius 3 is 2.50 bits per heavy atom. The third-order valence-corrected chi connectivity index (χ3v) is 8.58. The van der Waals surface area contributed by atoms with E-state index in [1.165, 1.54) is 75.5 Å². The van der Waals surface area contributed by atoms with Gasteiger partial charge in [-0.05, 0) is 107 Å². The Kier molecular flexibility index (Phi) is 8.93. The number of hydrogen-bond acceptors (Lipinski definition) is 5. The predicted octanol–water partition coefficient (Wildman–Crippen LogP) is 5.02. The van der Waals surface area contributed by atoms with Crippen LogP contribution in [-0.2, 0) is 0 Å². The van der Waals surface area contributed by atoms with Gasteiger partial charge in [0.25, 0.3) is 0 Å². The van der Waals surface area contributed by atoms with Crippen LogP contribution >= 0.6 is 12.2 Å². The van der Waals surface area contributed by atoms with Crippen LogP contribution in [-0.4, -0.2) is 78.8 Å². The molecule has 0 atom stereocenters. The summed E-state index contributed by atoms with van der Waals surface area (Å²) >= 11 is 5.54. The number of nitrogens with zero attached hydrogens (tertiary/aromatic N) is 4. The first-order chi connectivity index (χ1) is 17.6. The van der Waals surface area contributed by atoms with Gasteiger partial charge in [-0.2, -0.15) is 0 Å². The highest BCUT2D eigenvalue weighted by Crippen LogP contribution is 2.27. The molecule has 1 saturated carbocycles. The van der Waals surface area contributed by atoms with E-state index in [0.717, 1.165) is 68.6 Å². The first-order valence-corrected chi connectivity index (χ1v) is 14.7. The summed E-state index contributed by atoms with van der Waals surface area (Å²) in [5.41, 5.74) is 3.35. The lowest BCUT2D eigenvalue weighted by Gasteiger charge is -2.38. The molecule has 2 saturated heterocycles. The largest absolute Gasteiger partial charge is 0.362 e. The van der Waals surface area contributed by atoms with Crippen LogP contribution in [0.25, 0.3) is 10.9 Å². The maximum atomic E-state index is 5.54. The zero-order valence-corrected chi connectivity index (χ0v) is 22.9. The van der Waals surface area contributed by atoms with Crippen molar-refractivity contribution in [1.29, 1.82) is 0 Å². The second-order valence-electron chi connectivity index (χ2n) is 11.1. The number of anilines is 2. The maximum absolute atomic E-state index is 5.54. The van der Waals surface area contributed by atoms with Crippen molar-refractivity contribution in [1.82, 2.24) is 20.1 Å². The van der Waals surface area contributed by atoms with Crippen molar-refractivity contribution in [2.75, 3.05) is 69.1 Å².